The molecule has 1 aromatic heterocycles. The highest BCUT2D eigenvalue weighted by atomic mass is 32.2. The van der Waals surface area contributed by atoms with Crippen molar-refractivity contribution in [1.29, 1.82) is 0 Å². The van der Waals surface area contributed by atoms with Crippen molar-refractivity contribution in [3.05, 3.63) is 70.0 Å². The smallest absolute Gasteiger partial charge is 0.262 e. The minimum Gasteiger partial charge on any atom is -0.343 e. The molecule has 150 valence electrons. The van der Waals surface area contributed by atoms with Crippen molar-refractivity contribution in [2.24, 2.45) is 0 Å². The number of thioether (sulfide) groups is 1. The molecule has 0 N–H and O–H groups in total. The molecular weight excluding hydrogens is 382 g/mol. The van der Waals surface area contributed by atoms with Gasteiger partial charge < -0.3 is 4.90 Å². The SMILES string of the molecule is Cc1ccccc1CSc1nc2ccccc2c(=O)n1CCCN1CCCC1=O. The Morgan fingerprint density at radius 3 is 2.62 bits per heavy atom. The molecule has 0 unspecified atom stereocenters. The molecule has 5 nitrogen and oxygen atoms in total. The van der Waals surface area contributed by atoms with Gasteiger partial charge in [0.05, 0.1) is 10.9 Å². The van der Waals surface area contributed by atoms with E-state index in [4.69, 9.17) is 4.98 Å². The van der Waals surface area contributed by atoms with E-state index >= 15 is 0 Å². The van der Waals surface area contributed by atoms with Crippen LogP contribution in [0, 0.1) is 6.92 Å². The van der Waals surface area contributed by atoms with Crippen LogP contribution in [-0.2, 0) is 17.1 Å². The predicted molar refractivity (Wildman–Crippen MR) is 117 cm³/mol. The van der Waals surface area contributed by atoms with E-state index in [1.807, 2.05) is 41.3 Å². The molecular formula is C23H25N3O2S. The summed E-state index contributed by atoms with van der Waals surface area (Å²) in [6, 6.07) is 15.8. The van der Waals surface area contributed by atoms with E-state index in [1.54, 1.807) is 16.3 Å². The number of amides is 1. The number of benzene rings is 2. The van der Waals surface area contributed by atoms with Gasteiger partial charge >= 0.3 is 0 Å². The summed E-state index contributed by atoms with van der Waals surface area (Å²) in [4.78, 5) is 31.7. The number of rotatable bonds is 7. The summed E-state index contributed by atoms with van der Waals surface area (Å²) >= 11 is 1.60. The Hall–Kier alpha value is -2.60. The van der Waals surface area contributed by atoms with Crippen LogP contribution >= 0.6 is 11.8 Å². The monoisotopic (exact) mass is 407 g/mol. The fourth-order valence-corrected chi connectivity index (χ4v) is 4.83. The summed E-state index contributed by atoms with van der Waals surface area (Å²) in [6.45, 7) is 4.19. The molecule has 1 amide bonds. The summed E-state index contributed by atoms with van der Waals surface area (Å²) in [5.74, 6) is 0.991. The highest BCUT2D eigenvalue weighted by Crippen LogP contribution is 2.24. The standard InChI is InChI=1S/C23H25N3O2S/c1-17-8-2-3-9-18(17)16-29-23-24-20-11-5-4-10-19(20)22(28)26(23)15-7-14-25-13-6-12-21(25)27/h2-5,8-11H,6-7,12-16H2,1H3. The van der Waals surface area contributed by atoms with Crippen LogP contribution in [0.4, 0.5) is 0 Å². The van der Waals surface area contributed by atoms with Gasteiger partial charge in [0.15, 0.2) is 5.16 Å². The minimum absolute atomic E-state index is 0.00404. The Morgan fingerprint density at radius 2 is 1.83 bits per heavy atom. The van der Waals surface area contributed by atoms with Crippen LogP contribution < -0.4 is 5.56 Å². The largest absolute Gasteiger partial charge is 0.343 e. The number of para-hydroxylation sites is 1. The molecule has 0 spiro atoms. The zero-order valence-electron chi connectivity index (χ0n) is 16.6. The second-order valence-corrected chi connectivity index (χ2v) is 8.36. The number of carbonyl (C=O) groups is 1. The van der Waals surface area contributed by atoms with Crippen molar-refractivity contribution in [2.45, 2.75) is 43.6 Å². The number of aryl methyl sites for hydroxylation is 1. The highest BCUT2D eigenvalue weighted by molar-refractivity contribution is 7.98. The Balaban J connectivity index is 1.58. The van der Waals surface area contributed by atoms with Gasteiger partial charge in [-0.05, 0) is 43.0 Å². The van der Waals surface area contributed by atoms with Crippen LogP contribution in [0.2, 0.25) is 0 Å². The van der Waals surface area contributed by atoms with Gasteiger partial charge in [-0.25, -0.2) is 4.98 Å². The molecule has 0 atom stereocenters. The first-order valence-corrected chi connectivity index (χ1v) is 11.1. The van der Waals surface area contributed by atoms with E-state index < -0.39 is 0 Å². The second kappa shape index (κ2) is 8.82. The first kappa shape index (κ1) is 19.7. The zero-order valence-corrected chi connectivity index (χ0v) is 17.5. The van der Waals surface area contributed by atoms with Gasteiger partial charge in [-0.2, -0.15) is 0 Å². The number of fused-ring (bicyclic) bond motifs is 1. The van der Waals surface area contributed by atoms with E-state index in [1.165, 1.54) is 11.1 Å². The molecule has 1 aliphatic rings. The molecule has 6 heteroatoms. The lowest BCUT2D eigenvalue weighted by molar-refractivity contribution is -0.127. The van der Waals surface area contributed by atoms with Gasteiger partial charge in [-0.3, -0.25) is 14.2 Å². The molecule has 0 saturated carbocycles. The second-order valence-electron chi connectivity index (χ2n) is 7.42. The molecule has 2 heterocycles. The predicted octanol–water partition coefficient (Wildman–Crippen LogP) is 4.01. The first-order valence-electron chi connectivity index (χ1n) is 10.1. The molecule has 1 saturated heterocycles. The molecule has 2 aromatic carbocycles. The number of hydrogen-bond donors (Lipinski definition) is 0. The summed E-state index contributed by atoms with van der Waals surface area (Å²) in [6.07, 6.45) is 2.34. The van der Waals surface area contributed by atoms with Crippen LogP contribution in [0.15, 0.2) is 58.5 Å². The van der Waals surface area contributed by atoms with Crippen molar-refractivity contribution in [3.8, 4) is 0 Å². The van der Waals surface area contributed by atoms with Crippen molar-refractivity contribution in [1.82, 2.24) is 14.5 Å². The average molecular weight is 408 g/mol. The van der Waals surface area contributed by atoms with E-state index in [-0.39, 0.29) is 11.5 Å². The lowest BCUT2D eigenvalue weighted by atomic mass is 10.1. The van der Waals surface area contributed by atoms with Crippen molar-refractivity contribution < 1.29 is 4.79 Å². The van der Waals surface area contributed by atoms with Crippen LogP contribution in [0.25, 0.3) is 10.9 Å². The molecule has 3 aromatic rings. The summed E-state index contributed by atoms with van der Waals surface area (Å²) in [5, 5.41) is 1.38. The minimum atomic E-state index is -0.00404. The quantitative estimate of drug-likeness (QED) is 0.439. The van der Waals surface area contributed by atoms with Gasteiger partial charge in [0.1, 0.15) is 0 Å². The maximum Gasteiger partial charge on any atom is 0.262 e. The topological polar surface area (TPSA) is 55.2 Å². The lowest BCUT2D eigenvalue weighted by Gasteiger charge is -2.17. The van der Waals surface area contributed by atoms with Gasteiger partial charge in [0.25, 0.3) is 5.56 Å². The highest BCUT2D eigenvalue weighted by Gasteiger charge is 2.20. The molecule has 0 bridgehead atoms. The molecule has 29 heavy (non-hydrogen) atoms. The molecule has 0 radical (unpaired) electrons. The molecule has 1 fully saturated rings. The van der Waals surface area contributed by atoms with Gasteiger partial charge in [-0.15, -0.1) is 0 Å². The number of carbonyl (C=O) groups excluding carboxylic acids is 1. The van der Waals surface area contributed by atoms with Crippen molar-refractivity contribution in [3.63, 3.8) is 0 Å². The van der Waals surface area contributed by atoms with Crippen LogP contribution in [-0.4, -0.2) is 33.4 Å². The first-order chi connectivity index (χ1) is 14.1. The van der Waals surface area contributed by atoms with Crippen LogP contribution in [0.5, 0.6) is 0 Å². The number of hydrogen-bond acceptors (Lipinski definition) is 4. The van der Waals surface area contributed by atoms with E-state index in [0.717, 1.165) is 35.8 Å². The van der Waals surface area contributed by atoms with E-state index in [9.17, 15) is 9.59 Å². The zero-order chi connectivity index (χ0) is 20.2. The Labute approximate surface area is 174 Å². The summed E-state index contributed by atoms with van der Waals surface area (Å²) < 4.78 is 1.78. The van der Waals surface area contributed by atoms with Crippen LogP contribution in [0.1, 0.15) is 30.4 Å². The normalized spacial score (nSPS) is 14.1. The summed E-state index contributed by atoms with van der Waals surface area (Å²) in [7, 11) is 0. The Kier molecular flexibility index (Phi) is 6.00. The van der Waals surface area contributed by atoms with Gasteiger partial charge in [-0.1, -0.05) is 48.2 Å². The summed E-state index contributed by atoms with van der Waals surface area (Å²) in [5.41, 5.74) is 3.21. The van der Waals surface area contributed by atoms with E-state index in [2.05, 4.69) is 19.1 Å². The number of likely N-dealkylation sites (tertiary alicyclic amines) is 1. The molecule has 1 aliphatic heterocycles. The average Bonchev–Trinajstić information content (AvgIpc) is 3.14. The molecule has 0 aliphatic carbocycles. The van der Waals surface area contributed by atoms with Crippen molar-refractivity contribution in [2.75, 3.05) is 13.1 Å². The third-order valence-electron chi connectivity index (χ3n) is 5.43. The lowest BCUT2D eigenvalue weighted by Crippen LogP contribution is -2.29. The molecule has 4 rings (SSSR count). The maximum absolute atomic E-state index is 13.1. The number of aromatic nitrogens is 2. The van der Waals surface area contributed by atoms with Gasteiger partial charge in [0.2, 0.25) is 5.91 Å². The fraction of sp³-hybridized carbons (Fsp3) is 0.348. The van der Waals surface area contributed by atoms with E-state index in [0.29, 0.717) is 24.9 Å². The third kappa shape index (κ3) is 4.37. The van der Waals surface area contributed by atoms with Gasteiger partial charge in [0, 0.05) is 31.8 Å². The Morgan fingerprint density at radius 1 is 1.03 bits per heavy atom. The Bertz CT molecular complexity index is 1090. The third-order valence-corrected chi connectivity index (χ3v) is 6.45. The maximum atomic E-state index is 13.1. The number of nitrogens with zero attached hydrogens (tertiary/aromatic N) is 3. The van der Waals surface area contributed by atoms with Crippen molar-refractivity contribution >= 4 is 28.6 Å². The van der Waals surface area contributed by atoms with Crippen LogP contribution in [0.3, 0.4) is 0 Å². The fourth-order valence-electron chi connectivity index (χ4n) is 3.73.